The van der Waals surface area contributed by atoms with Crippen LogP contribution in [-0.4, -0.2) is 22.4 Å². The molecule has 1 aliphatic carbocycles. The third-order valence-corrected chi connectivity index (χ3v) is 4.97. The van der Waals surface area contributed by atoms with Crippen molar-refractivity contribution in [3.05, 3.63) is 0 Å². The summed E-state index contributed by atoms with van der Waals surface area (Å²) >= 11 is 0. The van der Waals surface area contributed by atoms with E-state index in [0.29, 0.717) is 5.92 Å². The molecule has 2 heteroatoms. The molecule has 1 rings (SSSR count). The summed E-state index contributed by atoms with van der Waals surface area (Å²) in [5.74, 6) is 1.50. The molecule has 0 aromatic rings. The first-order chi connectivity index (χ1) is 7.79. The average Bonchev–Trinajstić information content (AvgIpc) is 2.24. The molecule has 0 amide bonds. The zero-order valence-electron chi connectivity index (χ0n) is 12.1. The van der Waals surface area contributed by atoms with E-state index < -0.39 is 12.2 Å². The molecule has 1 aliphatic rings. The molecule has 1 saturated carbocycles. The van der Waals surface area contributed by atoms with Crippen LogP contribution in [0.2, 0.25) is 0 Å². The highest BCUT2D eigenvalue weighted by atomic mass is 16.3. The first-order valence-electron chi connectivity index (χ1n) is 7.15. The summed E-state index contributed by atoms with van der Waals surface area (Å²) in [5.41, 5.74) is 0.144. The van der Waals surface area contributed by atoms with Gasteiger partial charge in [-0.1, -0.05) is 47.5 Å². The van der Waals surface area contributed by atoms with E-state index in [1.165, 1.54) is 19.3 Å². The Morgan fingerprint density at radius 2 is 1.88 bits per heavy atom. The predicted molar refractivity (Wildman–Crippen MR) is 71.8 cm³/mol. The maximum absolute atomic E-state index is 10.0. The van der Waals surface area contributed by atoms with E-state index in [4.69, 9.17) is 0 Å². The van der Waals surface area contributed by atoms with Gasteiger partial charge < -0.3 is 10.2 Å². The van der Waals surface area contributed by atoms with Gasteiger partial charge >= 0.3 is 0 Å². The van der Waals surface area contributed by atoms with Crippen LogP contribution in [0.15, 0.2) is 0 Å². The van der Waals surface area contributed by atoms with Crippen LogP contribution in [0.25, 0.3) is 0 Å². The quantitative estimate of drug-likeness (QED) is 0.794. The average molecular weight is 242 g/mol. The lowest BCUT2D eigenvalue weighted by atomic mass is 9.60. The summed E-state index contributed by atoms with van der Waals surface area (Å²) in [6.45, 7) is 11.1. The molecular formula is C15H30O2. The fourth-order valence-corrected chi connectivity index (χ4v) is 3.43. The minimum atomic E-state index is -0.542. The van der Waals surface area contributed by atoms with E-state index in [-0.39, 0.29) is 11.3 Å². The molecule has 0 spiro atoms. The summed E-state index contributed by atoms with van der Waals surface area (Å²) < 4.78 is 0. The lowest BCUT2D eigenvalue weighted by Gasteiger charge is -2.48. The standard InChI is InChI=1S/C15H30O2/c1-6-10(2)7-8-12-11(3)14(17)13(16)9-15(12,4)5/h10-14,16-17H,6-9H2,1-5H3. The van der Waals surface area contributed by atoms with Gasteiger partial charge in [-0.3, -0.25) is 0 Å². The molecule has 1 fully saturated rings. The molecule has 2 N–H and O–H groups in total. The van der Waals surface area contributed by atoms with Crippen molar-refractivity contribution < 1.29 is 10.2 Å². The van der Waals surface area contributed by atoms with Crippen molar-refractivity contribution in [2.75, 3.05) is 0 Å². The minimum absolute atomic E-state index is 0.144. The van der Waals surface area contributed by atoms with Crippen LogP contribution in [0.5, 0.6) is 0 Å². The van der Waals surface area contributed by atoms with Crippen molar-refractivity contribution in [1.29, 1.82) is 0 Å². The van der Waals surface area contributed by atoms with Crippen molar-refractivity contribution in [2.24, 2.45) is 23.2 Å². The normalized spacial score (nSPS) is 39.0. The van der Waals surface area contributed by atoms with E-state index >= 15 is 0 Å². The number of rotatable bonds is 4. The van der Waals surface area contributed by atoms with E-state index in [1.54, 1.807) is 0 Å². The van der Waals surface area contributed by atoms with Crippen molar-refractivity contribution in [2.45, 2.75) is 72.5 Å². The Morgan fingerprint density at radius 1 is 1.29 bits per heavy atom. The molecule has 0 radical (unpaired) electrons. The van der Waals surface area contributed by atoms with Gasteiger partial charge in [-0.2, -0.15) is 0 Å². The topological polar surface area (TPSA) is 40.5 Å². The van der Waals surface area contributed by atoms with Crippen LogP contribution < -0.4 is 0 Å². The van der Waals surface area contributed by atoms with Crippen molar-refractivity contribution >= 4 is 0 Å². The second-order valence-electron chi connectivity index (χ2n) is 6.81. The van der Waals surface area contributed by atoms with Gasteiger partial charge in [0.15, 0.2) is 0 Å². The molecule has 0 aromatic carbocycles. The molecule has 0 heterocycles. The second kappa shape index (κ2) is 5.71. The van der Waals surface area contributed by atoms with Crippen molar-refractivity contribution in [3.8, 4) is 0 Å². The third kappa shape index (κ3) is 3.45. The first-order valence-corrected chi connectivity index (χ1v) is 7.15. The van der Waals surface area contributed by atoms with E-state index in [1.807, 2.05) is 0 Å². The number of aliphatic hydroxyl groups excluding tert-OH is 2. The second-order valence-corrected chi connectivity index (χ2v) is 6.81. The largest absolute Gasteiger partial charge is 0.390 e. The number of hydrogen-bond donors (Lipinski definition) is 2. The fraction of sp³-hybridized carbons (Fsp3) is 1.00. The zero-order valence-corrected chi connectivity index (χ0v) is 12.1. The molecule has 5 atom stereocenters. The SMILES string of the molecule is CCC(C)CCC1C(C)C(O)C(O)CC1(C)C. The van der Waals surface area contributed by atoms with Crippen LogP contribution in [0.4, 0.5) is 0 Å². The third-order valence-electron chi connectivity index (χ3n) is 4.97. The highest BCUT2D eigenvalue weighted by Crippen LogP contribution is 2.46. The Bertz CT molecular complexity index is 237. The van der Waals surface area contributed by atoms with Crippen molar-refractivity contribution in [3.63, 3.8) is 0 Å². The summed E-state index contributed by atoms with van der Waals surface area (Å²) in [6.07, 6.45) is 3.28. The van der Waals surface area contributed by atoms with Crippen LogP contribution in [0.1, 0.15) is 60.3 Å². The van der Waals surface area contributed by atoms with Crippen LogP contribution in [-0.2, 0) is 0 Å². The van der Waals surface area contributed by atoms with Gasteiger partial charge in [0.1, 0.15) is 0 Å². The van der Waals surface area contributed by atoms with Gasteiger partial charge in [0.2, 0.25) is 0 Å². The van der Waals surface area contributed by atoms with Gasteiger partial charge in [-0.15, -0.1) is 0 Å². The Balaban J connectivity index is 2.66. The molecule has 0 bridgehead atoms. The zero-order chi connectivity index (χ0) is 13.2. The first kappa shape index (κ1) is 15.0. The van der Waals surface area contributed by atoms with E-state index in [9.17, 15) is 10.2 Å². The summed E-state index contributed by atoms with van der Waals surface area (Å²) in [4.78, 5) is 0. The molecule has 5 unspecified atom stereocenters. The Morgan fingerprint density at radius 3 is 2.41 bits per heavy atom. The molecule has 0 saturated heterocycles. The Labute approximate surface area is 106 Å². The molecule has 102 valence electrons. The predicted octanol–water partition coefficient (Wildman–Crippen LogP) is 3.22. The highest BCUT2D eigenvalue weighted by molar-refractivity contribution is 4.95. The summed E-state index contributed by atoms with van der Waals surface area (Å²) in [5, 5.41) is 19.9. The van der Waals surface area contributed by atoms with Gasteiger partial charge in [0.25, 0.3) is 0 Å². The molecule has 17 heavy (non-hydrogen) atoms. The number of aliphatic hydroxyl groups is 2. The van der Waals surface area contributed by atoms with Crippen LogP contribution >= 0.6 is 0 Å². The summed E-state index contributed by atoms with van der Waals surface area (Å²) in [6, 6.07) is 0. The number of hydrogen-bond acceptors (Lipinski definition) is 2. The lowest BCUT2D eigenvalue weighted by Crippen LogP contribution is -2.49. The molecule has 0 aliphatic heterocycles. The molecular weight excluding hydrogens is 212 g/mol. The van der Waals surface area contributed by atoms with Gasteiger partial charge in [0.05, 0.1) is 12.2 Å². The van der Waals surface area contributed by atoms with E-state index in [2.05, 4.69) is 34.6 Å². The van der Waals surface area contributed by atoms with Gasteiger partial charge in [-0.05, 0) is 36.0 Å². The van der Waals surface area contributed by atoms with E-state index in [0.717, 1.165) is 12.3 Å². The monoisotopic (exact) mass is 242 g/mol. The Hall–Kier alpha value is -0.0800. The van der Waals surface area contributed by atoms with Gasteiger partial charge in [0, 0.05) is 0 Å². The van der Waals surface area contributed by atoms with Gasteiger partial charge in [-0.25, -0.2) is 0 Å². The van der Waals surface area contributed by atoms with Crippen molar-refractivity contribution in [1.82, 2.24) is 0 Å². The molecule has 0 aromatic heterocycles. The molecule has 2 nitrogen and oxygen atoms in total. The Kier molecular flexibility index (Phi) is 5.03. The maximum Gasteiger partial charge on any atom is 0.0827 e. The minimum Gasteiger partial charge on any atom is -0.390 e. The fourth-order valence-electron chi connectivity index (χ4n) is 3.43. The van der Waals surface area contributed by atoms with Crippen LogP contribution in [0.3, 0.4) is 0 Å². The maximum atomic E-state index is 10.0. The van der Waals surface area contributed by atoms with Crippen LogP contribution in [0, 0.1) is 23.2 Å². The smallest absolute Gasteiger partial charge is 0.0827 e. The highest BCUT2D eigenvalue weighted by Gasteiger charge is 2.45. The summed E-state index contributed by atoms with van der Waals surface area (Å²) in [7, 11) is 0. The lowest BCUT2D eigenvalue weighted by molar-refractivity contribution is -0.112.